The summed E-state index contributed by atoms with van der Waals surface area (Å²) in [7, 11) is 0. The molecule has 1 N–H and O–H groups in total. The fourth-order valence-corrected chi connectivity index (χ4v) is 2.10. The number of anilines is 1. The van der Waals surface area contributed by atoms with E-state index in [-0.39, 0.29) is 16.8 Å². The first-order valence-corrected chi connectivity index (χ1v) is 6.63. The molecule has 100 valence electrons. The van der Waals surface area contributed by atoms with Crippen LogP contribution < -0.4 is 5.32 Å². The molecule has 0 spiro atoms. The van der Waals surface area contributed by atoms with Crippen molar-refractivity contribution in [3.63, 3.8) is 0 Å². The molecule has 18 heavy (non-hydrogen) atoms. The van der Waals surface area contributed by atoms with Crippen molar-refractivity contribution in [1.29, 1.82) is 0 Å². The van der Waals surface area contributed by atoms with E-state index in [4.69, 9.17) is 11.6 Å². The molecule has 0 fully saturated rings. The van der Waals surface area contributed by atoms with Gasteiger partial charge in [0.15, 0.2) is 0 Å². The average Bonchev–Trinajstić information content (AvgIpc) is 2.28. The van der Waals surface area contributed by atoms with Gasteiger partial charge in [-0.15, -0.1) is 0 Å². The van der Waals surface area contributed by atoms with Crippen LogP contribution >= 0.6 is 11.6 Å². The summed E-state index contributed by atoms with van der Waals surface area (Å²) >= 11 is 5.85. The molecule has 0 saturated heterocycles. The lowest BCUT2D eigenvalue weighted by Gasteiger charge is -2.15. The van der Waals surface area contributed by atoms with Crippen molar-refractivity contribution in [1.82, 2.24) is 0 Å². The van der Waals surface area contributed by atoms with Crippen molar-refractivity contribution in [3.8, 4) is 0 Å². The Bertz CT molecular complexity index is 410. The molecule has 0 heterocycles. The Hall–Kier alpha value is -1.29. The van der Waals surface area contributed by atoms with Crippen LogP contribution in [0.3, 0.4) is 0 Å². The summed E-state index contributed by atoms with van der Waals surface area (Å²) in [5.74, 6) is 0. The van der Waals surface area contributed by atoms with E-state index in [0.717, 1.165) is 12.8 Å². The molecule has 4 nitrogen and oxygen atoms in total. The van der Waals surface area contributed by atoms with E-state index in [1.807, 2.05) is 6.92 Å². The number of nitrogens with one attached hydrogen (secondary N) is 1. The van der Waals surface area contributed by atoms with Crippen LogP contribution in [-0.4, -0.2) is 11.0 Å². The van der Waals surface area contributed by atoms with E-state index >= 15 is 0 Å². The summed E-state index contributed by atoms with van der Waals surface area (Å²) in [4.78, 5) is 10.5. The number of hydrogen-bond donors (Lipinski definition) is 1. The topological polar surface area (TPSA) is 55.2 Å². The number of nitro groups is 1. The smallest absolute Gasteiger partial charge is 0.310 e. The molecular weight excluding hydrogens is 252 g/mol. The average molecular weight is 271 g/mol. The van der Waals surface area contributed by atoms with Crippen molar-refractivity contribution >= 4 is 23.0 Å². The third-order valence-electron chi connectivity index (χ3n) is 2.81. The lowest BCUT2D eigenvalue weighted by atomic mass is 10.1. The number of hydrogen-bond acceptors (Lipinski definition) is 3. The first kappa shape index (κ1) is 14.8. The van der Waals surface area contributed by atoms with Crippen LogP contribution in [0, 0.1) is 10.1 Å². The maximum atomic E-state index is 11.0. The van der Waals surface area contributed by atoms with Gasteiger partial charge < -0.3 is 5.32 Å². The van der Waals surface area contributed by atoms with Gasteiger partial charge in [-0.2, -0.15) is 0 Å². The van der Waals surface area contributed by atoms with E-state index in [9.17, 15) is 10.1 Å². The quantitative estimate of drug-likeness (QED) is 0.446. The molecule has 0 amide bonds. The molecule has 0 aliphatic rings. The number of rotatable bonds is 7. The zero-order valence-electron chi connectivity index (χ0n) is 10.8. The van der Waals surface area contributed by atoms with Crippen LogP contribution in [0.4, 0.5) is 11.4 Å². The highest BCUT2D eigenvalue weighted by Crippen LogP contribution is 2.32. The number of nitrogens with zero attached hydrogens (tertiary/aromatic N) is 1. The van der Waals surface area contributed by atoms with Gasteiger partial charge in [0.2, 0.25) is 0 Å². The highest BCUT2D eigenvalue weighted by atomic mass is 35.5. The second-order valence-electron chi connectivity index (χ2n) is 4.43. The maximum Gasteiger partial charge on any atom is 0.310 e. The van der Waals surface area contributed by atoms with Gasteiger partial charge in [-0.3, -0.25) is 10.1 Å². The van der Waals surface area contributed by atoms with E-state index in [1.165, 1.54) is 18.9 Å². The van der Waals surface area contributed by atoms with Crippen molar-refractivity contribution < 1.29 is 4.92 Å². The molecule has 5 heteroatoms. The minimum atomic E-state index is -0.441. The summed E-state index contributed by atoms with van der Waals surface area (Å²) in [6.07, 6.45) is 4.48. The summed E-state index contributed by atoms with van der Waals surface area (Å²) in [6.45, 7) is 4.18. The van der Waals surface area contributed by atoms with Gasteiger partial charge in [0, 0.05) is 6.04 Å². The monoisotopic (exact) mass is 270 g/mol. The Morgan fingerprint density at radius 3 is 2.78 bits per heavy atom. The fourth-order valence-electron chi connectivity index (χ4n) is 1.86. The normalized spacial score (nSPS) is 12.2. The third-order valence-corrected chi connectivity index (χ3v) is 3.12. The van der Waals surface area contributed by atoms with Crippen molar-refractivity contribution in [2.24, 2.45) is 0 Å². The molecule has 0 aliphatic heterocycles. The molecule has 0 radical (unpaired) electrons. The maximum absolute atomic E-state index is 11.0. The SMILES string of the molecule is CCCCCC(C)Nc1cccc(Cl)c1[N+](=O)[O-]. The third kappa shape index (κ3) is 4.18. The highest BCUT2D eigenvalue weighted by molar-refractivity contribution is 6.33. The number of unbranched alkanes of at least 4 members (excludes halogenated alkanes) is 2. The minimum Gasteiger partial charge on any atom is -0.377 e. The Balaban J connectivity index is 2.72. The largest absolute Gasteiger partial charge is 0.377 e. The van der Waals surface area contributed by atoms with E-state index in [2.05, 4.69) is 12.2 Å². The standard InChI is InChI=1S/C13H19ClN2O2/c1-3-4-5-7-10(2)15-12-9-6-8-11(14)13(12)16(17)18/h6,8-10,15H,3-5,7H2,1-2H3. The van der Waals surface area contributed by atoms with Gasteiger partial charge in [-0.1, -0.05) is 43.9 Å². The predicted octanol–water partition coefficient (Wildman–Crippen LogP) is 4.63. The van der Waals surface area contributed by atoms with Gasteiger partial charge in [0.25, 0.3) is 0 Å². The second kappa shape index (κ2) is 7.21. The van der Waals surface area contributed by atoms with E-state index in [0.29, 0.717) is 5.69 Å². The predicted molar refractivity (Wildman–Crippen MR) is 75.3 cm³/mol. The molecule has 0 bridgehead atoms. The number of para-hydroxylation sites is 1. The molecule has 0 saturated carbocycles. The van der Waals surface area contributed by atoms with Gasteiger partial charge in [-0.25, -0.2) is 0 Å². The number of benzene rings is 1. The van der Waals surface area contributed by atoms with E-state index < -0.39 is 4.92 Å². The van der Waals surface area contributed by atoms with Crippen LogP contribution in [0.2, 0.25) is 5.02 Å². The van der Waals surface area contributed by atoms with Gasteiger partial charge in [0.1, 0.15) is 10.7 Å². The minimum absolute atomic E-state index is 0.0403. The molecule has 0 aliphatic carbocycles. The summed E-state index contributed by atoms with van der Waals surface area (Å²) in [6, 6.07) is 5.15. The Kier molecular flexibility index (Phi) is 5.92. The van der Waals surface area contributed by atoms with Crippen LogP contribution in [-0.2, 0) is 0 Å². The van der Waals surface area contributed by atoms with Crippen LogP contribution in [0.25, 0.3) is 0 Å². The molecule has 1 aromatic carbocycles. The van der Waals surface area contributed by atoms with E-state index in [1.54, 1.807) is 12.1 Å². The number of nitro benzene ring substituents is 1. The molecule has 1 unspecified atom stereocenters. The summed E-state index contributed by atoms with van der Waals surface area (Å²) in [5.41, 5.74) is 0.456. The van der Waals surface area contributed by atoms with Gasteiger partial charge >= 0.3 is 5.69 Å². The lowest BCUT2D eigenvalue weighted by Crippen LogP contribution is -2.15. The van der Waals surface area contributed by atoms with Crippen LogP contribution in [0.5, 0.6) is 0 Å². The number of halogens is 1. The molecule has 1 atom stereocenters. The first-order chi connectivity index (χ1) is 8.56. The Morgan fingerprint density at radius 1 is 1.44 bits per heavy atom. The molecule has 1 rings (SSSR count). The van der Waals surface area contributed by atoms with Crippen molar-refractivity contribution in [2.45, 2.75) is 45.6 Å². The highest BCUT2D eigenvalue weighted by Gasteiger charge is 2.19. The van der Waals surface area contributed by atoms with Gasteiger partial charge in [0.05, 0.1) is 4.92 Å². The van der Waals surface area contributed by atoms with Crippen molar-refractivity contribution in [2.75, 3.05) is 5.32 Å². The van der Waals surface area contributed by atoms with Crippen LogP contribution in [0.1, 0.15) is 39.5 Å². The van der Waals surface area contributed by atoms with Crippen molar-refractivity contribution in [3.05, 3.63) is 33.3 Å². The zero-order valence-corrected chi connectivity index (χ0v) is 11.5. The summed E-state index contributed by atoms with van der Waals surface area (Å²) < 4.78 is 0. The second-order valence-corrected chi connectivity index (χ2v) is 4.84. The Labute approximate surface area is 112 Å². The Morgan fingerprint density at radius 2 is 2.17 bits per heavy atom. The molecule has 1 aromatic rings. The zero-order chi connectivity index (χ0) is 13.5. The molecular formula is C13H19ClN2O2. The van der Waals surface area contributed by atoms with Crippen LogP contribution in [0.15, 0.2) is 18.2 Å². The van der Waals surface area contributed by atoms with Gasteiger partial charge in [-0.05, 0) is 25.5 Å². The first-order valence-electron chi connectivity index (χ1n) is 6.25. The summed E-state index contributed by atoms with van der Waals surface area (Å²) in [5, 5.41) is 14.3. The molecule has 0 aromatic heterocycles. The lowest BCUT2D eigenvalue weighted by molar-refractivity contribution is -0.383. The fraction of sp³-hybridized carbons (Fsp3) is 0.538.